The smallest absolute Gasteiger partial charge is 0.312 e. The zero-order valence-corrected chi connectivity index (χ0v) is 8.03. The van der Waals surface area contributed by atoms with Crippen molar-refractivity contribution in [2.75, 3.05) is 6.61 Å². The minimum absolute atomic E-state index is 0.0208. The van der Waals surface area contributed by atoms with Crippen molar-refractivity contribution in [2.24, 2.45) is 17.8 Å². The number of carbonyl (C=O) groups excluding carboxylic acids is 1. The molecular weight excluding hydrogens is 164 g/mol. The molecule has 2 aliphatic carbocycles. The van der Waals surface area contributed by atoms with Crippen LogP contribution in [0.5, 0.6) is 0 Å². The van der Waals surface area contributed by atoms with Gasteiger partial charge >= 0.3 is 5.97 Å². The van der Waals surface area contributed by atoms with Gasteiger partial charge in [-0.15, -0.1) is 0 Å². The van der Waals surface area contributed by atoms with Crippen LogP contribution in [0.3, 0.4) is 0 Å². The fraction of sp³-hybridized carbons (Fsp3) is 0.727. The van der Waals surface area contributed by atoms with Gasteiger partial charge in [-0.2, -0.15) is 0 Å². The van der Waals surface area contributed by atoms with E-state index in [1.54, 1.807) is 0 Å². The molecule has 13 heavy (non-hydrogen) atoms. The minimum Gasteiger partial charge on any atom is -0.465 e. The van der Waals surface area contributed by atoms with Gasteiger partial charge in [0.15, 0.2) is 0 Å². The molecule has 0 aromatic rings. The molecule has 0 aliphatic heterocycles. The second kappa shape index (κ2) is 3.52. The fourth-order valence-corrected chi connectivity index (χ4v) is 1.65. The van der Waals surface area contributed by atoms with Crippen LogP contribution in [0.4, 0.5) is 0 Å². The first-order valence-electron chi connectivity index (χ1n) is 5.10. The summed E-state index contributed by atoms with van der Waals surface area (Å²) in [5.41, 5.74) is 0. The summed E-state index contributed by atoms with van der Waals surface area (Å²) in [7, 11) is 0. The predicted octanol–water partition coefficient (Wildman–Crippen LogP) is 2.15. The van der Waals surface area contributed by atoms with Crippen molar-refractivity contribution < 1.29 is 9.53 Å². The maximum Gasteiger partial charge on any atom is 0.312 e. The van der Waals surface area contributed by atoms with Gasteiger partial charge in [-0.3, -0.25) is 4.79 Å². The topological polar surface area (TPSA) is 26.3 Å². The van der Waals surface area contributed by atoms with Crippen molar-refractivity contribution in [1.29, 1.82) is 0 Å². The summed E-state index contributed by atoms with van der Waals surface area (Å²) < 4.78 is 5.21. The molecule has 0 saturated heterocycles. The van der Waals surface area contributed by atoms with E-state index in [1.165, 1.54) is 12.8 Å². The Balaban J connectivity index is 1.73. The second-order valence-electron chi connectivity index (χ2n) is 4.28. The molecule has 1 fully saturated rings. The van der Waals surface area contributed by atoms with Crippen LogP contribution in [-0.2, 0) is 9.53 Å². The molecule has 0 unspecified atom stereocenters. The van der Waals surface area contributed by atoms with Crippen LogP contribution in [0.15, 0.2) is 12.2 Å². The van der Waals surface area contributed by atoms with Crippen LogP contribution in [0.25, 0.3) is 0 Å². The molecule has 1 saturated carbocycles. The second-order valence-corrected chi connectivity index (χ2v) is 4.28. The predicted molar refractivity (Wildman–Crippen MR) is 50.1 cm³/mol. The Hall–Kier alpha value is -0.790. The summed E-state index contributed by atoms with van der Waals surface area (Å²) in [6.07, 6.45) is 7.50. The monoisotopic (exact) mass is 180 g/mol. The number of ether oxygens (including phenoxy) is 1. The van der Waals surface area contributed by atoms with Crippen molar-refractivity contribution >= 4 is 5.97 Å². The van der Waals surface area contributed by atoms with Crippen LogP contribution < -0.4 is 0 Å². The number of allylic oxidation sites excluding steroid dienone is 1. The first-order valence-corrected chi connectivity index (χ1v) is 5.10. The summed E-state index contributed by atoms with van der Waals surface area (Å²) in [5, 5.41) is 0. The van der Waals surface area contributed by atoms with Crippen molar-refractivity contribution in [1.82, 2.24) is 0 Å². The zero-order chi connectivity index (χ0) is 9.26. The van der Waals surface area contributed by atoms with E-state index >= 15 is 0 Å². The van der Waals surface area contributed by atoms with E-state index in [-0.39, 0.29) is 11.9 Å². The number of hydrogen-bond acceptors (Lipinski definition) is 2. The average Bonchev–Trinajstić information content (AvgIpc) is 2.84. The summed E-state index contributed by atoms with van der Waals surface area (Å²) in [6, 6.07) is 0. The highest BCUT2D eigenvalue weighted by Gasteiger charge is 2.27. The van der Waals surface area contributed by atoms with Gasteiger partial charge in [-0.25, -0.2) is 0 Å². The lowest BCUT2D eigenvalue weighted by Crippen LogP contribution is -2.16. The van der Waals surface area contributed by atoms with E-state index in [0.29, 0.717) is 18.4 Å². The van der Waals surface area contributed by atoms with Crippen LogP contribution in [-0.4, -0.2) is 12.6 Å². The van der Waals surface area contributed by atoms with Crippen LogP contribution in [0.1, 0.15) is 26.2 Å². The highest BCUT2D eigenvalue weighted by atomic mass is 16.5. The summed E-state index contributed by atoms with van der Waals surface area (Å²) >= 11 is 0. The lowest BCUT2D eigenvalue weighted by atomic mass is 10.1. The minimum atomic E-state index is -0.0208. The van der Waals surface area contributed by atoms with Crippen molar-refractivity contribution in [3.63, 3.8) is 0 Å². The zero-order valence-electron chi connectivity index (χ0n) is 8.03. The normalized spacial score (nSPS) is 32.1. The Morgan fingerprint density at radius 1 is 1.46 bits per heavy atom. The standard InChI is InChI=1S/C11H16O2/c1-8-2-5-10(6-8)11(12)13-7-9-3-4-9/h2,5,8-10H,3-4,6-7H2,1H3/t8-,10+/m0/s1. The van der Waals surface area contributed by atoms with Crippen molar-refractivity contribution in [3.05, 3.63) is 12.2 Å². The quantitative estimate of drug-likeness (QED) is 0.491. The van der Waals surface area contributed by atoms with Crippen LogP contribution in [0, 0.1) is 17.8 Å². The largest absolute Gasteiger partial charge is 0.465 e. The maximum absolute atomic E-state index is 11.4. The molecule has 2 rings (SSSR count). The van der Waals surface area contributed by atoms with Crippen molar-refractivity contribution in [3.8, 4) is 0 Å². The average molecular weight is 180 g/mol. The number of carbonyl (C=O) groups is 1. The molecule has 0 heterocycles. The van der Waals surface area contributed by atoms with E-state index in [2.05, 4.69) is 13.0 Å². The number of hydrogen-bond donors (Lipinski definition) is 0. The molecule has 0 aromatic heterocycles. The highest BCUT2D eigenvalue weighted by Crippen LogP contribution is 2.30. The molecule has 72 valence electrons. The summed E-state index contributed by atoms with van der Waals surface area (Å²) in [6.45, 7) is 2.78. The van der Waals surface area contributed by atoms with Gasteiger partial charge in [-0.1, -0.05) is 19.1 Å². The maximum atomic E-state index is 11.4. The SMILES string of the molecule is C[C@H]1C=C[C@@H](C(=O)OCC2CC2)C1. The van der Waals surface area contributed by atoms with E-state index in [0.717, 1.165) is 6.42 Å². The first-order chi connectivity index (χ1) is 6.25. The van der Waals surface area contributed by atoms with Gasteiger partial charge in [0.05, 0.1) is 12.5 Å². The van der Waals surface area contributed by atoms with Gasteiger partial charge in [0, 0.05) is 0 Å². The van der Waals surface area contributed by atoms with E-state index < -0.39 is 0 Å². The van der Waals surface area contributed by atoms with Gasteiger partial charge in [0.2, 0.25) is 0 Å². The Bertz CT molecular complexity index is 228. The third kappa shape index (κ3) is 2.33. The van der Waals surface area contributed by atoms with Gasteiger partial charge in [0.1, 0.15) is 0 Å². The Kier molecular flexibility index (Phi) is 2.38. The molecular formula is C11H16O2. The molecule has 0 radical (unpaired) electrons. The third-order valence-electron chi connectivity index (χ3n) is 2.76. The molecule has 2 nitrogen and oxygen atoms in total. The lowest BCUT2D eigenvalue weighted by Gasteiger charge is -2.08. The van der Waals surface area contributed by atoms with Crippen molar-refractivity contribution in [2.45, 2.75) is 26.2 Å². The van der Waals surface area contributed by atoms with E-state index in [1.807, 2.05) is 6.08 Å². The molecule has 0 bridgehead atoms. The van der Waals surface area contributed by atoms with Gasteiger partial charge < -0.3 is 4.74 Å². The van der Waals surface area contributed by atoms with E-state index in [4.69, 9.17) is 4.74 Å². The van der Waals surface area contributed by atoms with Crippen LogP contribution >= 0.6 is 0 Å². The lowest BCUT2D eigenvalue weighted by molar-refractivity contribution is -0.147. The van der Waals surface area contributed by atoms with Crippen LogP contribution in [0.2, 0.25) is 0 Å². The number of rotatable bonds is 3. The molecule has 2 atom stereocenters. The summed E-state index contributed by atoms with van der Waals surface area (Å²) in [4.78, 5) is 11.4. The molecule has 2 heteroatoms. The van der Waals surface area contributed by atoms with E-state index in [9.17, 15) is 4.79 Å². The van der Waals surface area contributed by atoms with Gasteiger partial charge in [0.25, 0.3) is 0 Å². The first kappa shape index (κ1) is 8.79. The Morgan fingerprint density at radius 2 is 2.23 bits per heavy atom. The van der Waals surface area contributed by atoms with Gasteiger partial charge in [-0.05, 0) is 31.1 Å². The third-order valence-corrected chi connectivity index (χ3v) is 2.76. The molecule has 2 aliphatic rings. The Labute approximate surface area is 79.0 Å². The number of esters is 1. The molecule has 0 N–H and O–H groups in total. The summed E-state index contributed by atoms with van der Waals surface area (Å²) in [5.74, 6) is 1.23. The molecule has 0 amide bonds. The molecule has 0 aromatic carbocycles. The fourth-order valence-electron chi connectivity index (χ4n) is 1.65. The molecule has 0 spiro atoms. The highest BCUT2D eigenvalue weighted by molar-refractivity contribution is 5.75. The Morgan fingerprint density at radius 3 is 2.77 bits per heavy atom.